The molecule has 17 heavy (non-hydrogen) atoms. The van der Waals surface area contributed by atoms with Crippen LogP contribution >= 0.6 is 0 Å². The van der Waals surface area contributed by atoms with Crippen LogP contribution in [-0.2, 0) is 0 Å². The Morgan fingerprint density at radius 2 is 2.12 bits per heavy atom. The van der Waals surface area contributed by atoms with Crippen molar-refractivity contribution in [3.05, 3.63) is 23.9 Å². The first-order valence-corrected chi connectivity index (χ1v) is 6.18. The van der Waals surface area contributed by atoms with Gasteiger partial charge in [0.1, 0.15) is 5.82 Å². The van der Waals surface area contributed by atoms with E-state index >= 15 is 0 Å². The number of anilines is 1. The number of pyridine rings is 1. The average molecular weight is 238 g/mol. The minimum absolute atomic E-state index is 0.129. The molecule has 0 aliphatic carbocycles. The fraction of sp³-hybridized carbons (Fsp3) is 0.615. The first-order chi connectivity index (χ1) is 8.19. The number of aliphatic hydroxyl groups excluding tert-OH is 2. The van der Waals surface area contributed by atoms with E-state index in [1.165, 1.54) is 0 Å². The van der Waals surface area contributed by atoms with E-state index in [1.807, 2.05) is 12.1 Å². The third-order valence-corrected chi connectivity index (χ3v) is 2.73. The van der Waals surface area contributed by atoms with Crippen molar-refractivity contribution in [3.63, 3.8) is 0 Å². The van der Waals surface area contributed by atoms with Crippen LogP contribution in [0.3, 0.4) is 0 Å². The Kier molecular flexibility index (Phi) is 5.94. The molecule has 1 aromatic heterocycles. The van der Waals surface area contributed by atoms with Crippen LogP contribution in [0.5, 0.6) is 0 Å². The van der Waals surface area contributed by atoms with Gasteiger partial charge in [-0.1, -0.05) is 19.4 Å². The maximum atomic E-state index is 9.40. The fourth-order valence-electron chi connectivity index (χ4n) is 1.64. The standard InChI is InChI=1S/C13H22N2O2/c1-3-4-7-15(8-9-16)13-6-5-12(10-14-13)11(2)17/h5-6,10-11,16-17H,3-4,7-9H2,1-2H3. The van der Waals surface area contributed by atoms with E-state index in [1.54, 1.807) is 13.1 Å². The molecule has 1 rings (SSSR count). The summed E-state index contributed by atoms with van der Waals surface area (Å²) in [5.41, 5.74) is 0.813. The monoisotopic (exact) mass is 238 g/mol. The highest BCUT2D eigenvalue weighted by Gasteiger charge is 2.08. The van der Waals surface area contributed by atoms with Gasteiger partial charge in [-0.2, -0.15) is 0 Å². The van der Waals surface area contributed by atoms with E-state index in [2.05, 4.69) is 16.8 Å². The Bertz CT molecular complexity index is 312. The van der Waals surface area contributed by atoms with Gasteiger partial charge in [0.2, 0.25) is 0 Å². The number of nitrogens with zero attached hydrogens (tertiary/aromatic N) is 2. The maximum Gasteiger partial charge on any atom is 0.128 e. The quantitative estimate of drug-likeness (QED) is 0.759. The Morgan fingerprint density at radius 3 is 2.59 bits per heavy atom. The molecule has 0 fully saturated rings. The third-order valence-electron chi connectivity index (χ3n) is 2.73. The second kappa shape index (κ2) is 7.25. The molecule has 96 valence electrons. The molecular formula is C13H22N2O2. The largest absolute Gasteiger partial charge is 0.395 e. The van der Waals surface area contributed by atoms with Gasteiger partial charge in [-0.3, -0.25) is 0 Å². The lowest BCUT2D eigenvalue weighted by Crippen LogP contribution is -2.28. The van der Waals surface area contributed by atoms with Crippen molar-refractivity contribution in [1.29, 1.82) is 0 Å². The lowest BCUT2D eigenvalue weighted by atomic mass is 10.2. The van der Waals surface area contributed by atoms with Crippen molar-refractivity contribution < 1.29 is 10.2 Å². The van der Waals surface area contributed by atoms with Crippen molar-refractivity contribution in [2.24, 2.45) is 0 Å². The molecule has 1 unspecified atom stereocenters. The molecule has 1 atom stereocenters. The summed E-state index contributed by atoms with van der Waals surface area (Å²) in [5.74, 6) is 0.858. The molecule has 1 aromatic rings. The van der Waals surface area contributed by atoms with Gasteiger partial charge in [-0.15, -0.1) is 0 Å². The summed E-state index contributed by atoms with van der Waals surface area (Å²) in [7, 11) is 0. The van der Waals surface area contributed by atoms with E-state index in [0.717, 1.165) is 30.8 Å². The molecule has 1 heterocycles. The Hall–Kier alpha value is -1.13. The summed E-state index contributed by atoms with van der Waals surface area (Å²) in [6.07, 6.45) is 3.41. The predicted molar refractivity (Wildman–Crippen MR) is 69.1 cm³/mol. The Balaban J connectivity index is 2.72. The molecule has 0 amide bonds. The number of hydrogen-bond donors (Lipinski definition) is 2. The Labute approximate surface area is 103 Å². The molecule has 0 aromatic carbocycles. The molecule has 0 spiro atoms. The zero-order valence-corrected chi connectivity index (χ0v) is 10.6. The molecule has 0 aliphatic heterocycles. The van der Waals surface area contributed by atoms with Crippen LogP contribution in [0, 0.1) is 0 Å². The van der Waals surface area contributed by atoms with Crippen molar-refractivity contribution >= 4 is 5.82 Å². The fourth-order valence-corrected chi connectivity index (χ4v) is 1.64. The summed E-state index contributed by atoms with van der Waals surface area (Å²) in [5, 5.41) is 18.4. The van der Waals surface area contributed by atoms with Crippen molar-refractivity contribution in [2.45, 2.75) is 32.8 Å². The smallest absolute Gasteiger partial charge is 0.128 e. The first kappa shape index (κ1) is 13.9. The number of hydrogen-bond acceptors (Lipinski definition) is 4. The van der Waals surface area contributed by atoms with E-state index in [9.17, 15) is 5.11 Å². The number of aromatic nitrogens is 1. The molecule has 0 saturated carbocycles. The minimum Gasteiger partial charge on any atom is -0.395 e. The summed E-state index contributed by atoms with van der Waals surface area (Å²) in [6.45, 7) is 5.49. The van der Waals surface area contributed by atoms with Crippen LogP contribution in [0.15, 0.2) is 18.3 Å². The second-order valence-electron chi connectivity index (χ2n) is 4.19. The lowest BCUT2D eigenvalue weighted by molar-refractivity contribution is 0.199. The predicted octanol–water partition coefficient (Wildman–Crippen LogP) is 1.73. The highest BCUT2D eigenvalue weighted by Crippen LogP contribution is 2.16. The summed E-state index contributed by atoms with van der Waals surface area (Å²) in [4.78, 5) is 6.39. The van der Waals surface area contributed by atoms with Crippen molar-refractivity contribution in [3.8, 4) is 0 Å². The van der Waals surface area contributed by atoms with Crippen LogP contribution in [0.2, 0.25) is 0 Å². The zero-order valence-electron chi connectivity index (χ0n) is 10.6. The van der Waals surface area contributed by atoms with Gasteiger partial charge in [0.25, 0.3) is 0 Å². The molecule has 4 heteroatoms. The van der Waals surface area contributed by atoms with Gasteiger partial charge in [0, 0.05) is 19.3 Å². The molecule has 2 N–H and O–H groups in total. The van der Waals surface area contributed by atoms with E-state index in [4.69, 9.17) is 5.11 Å². The molecule has 4 nitrogen and oxygen atoms in total. The molecule has 0 radical (unpaired) electrons. The van der Waals surface area contributed by atoms with Crippen LogP contribution in [0.4, 0.5) is 5.82 Å². The van der Waals surface area contributed by atoms with E-state index in [0.29, 0.717) is 6.54 Å². The number of aliphatic hydroxyl groups is 2. The molecule has 0 saturated heterocycles. The SMILES string of the molecule is CCCCN(CCO)c1ccc(C(C)O)cn1. The summed E-state index contributed by atoms with van der Waals surface area (Å²) < 4.78 is 0. The first-order valence-electron chi connectivity index (χ1n) is 6.18. The van der Waals surface area contributed by atoms with Crippen LogP contribution in [-0.4, -0.2) is 34.9 Å². The minimum atomic E-state index is -0.488. The highest BCUT2D eigenvalue weighted by atomic mass is 16.3. The van der Waals surface area contributed by atoms with Crippen LogP contribution < -0.4 is 4.90 Å². The lowest BCUT2D eigenvalue weighted by Gasteiger charge is -2.22. The highest BCUT2D eigenvalue weighted by molar-refractivity contribution is 5.39. The van der Waals surface area contributed by atoms with Crippen LogP contribution in [0.25, 0.3) is 0 Å². The number of rotatable bonds is 7. The van der Waals surface area contributed by atoms with Crippen molar-refractivity contribution in [1.82, 2.24) is 4.98 Å². The normalized spacial score (nSPS) is 12.5. The van der Waals surface area contributed by atoms with Gasteiger partial charge < -0.3 is 15.1 Å². The molecular weight excluding hydrogens is 216 g/mol. The van der Waals surface area contributed by atoms with Crippen molar-refractivity contribution in [2.75, 3.05) is 24.6 Å². The van der Waals surface area contributed by atoms with Gasteiger partial charge in [-0.25, -0.2) is 4.98 Å². The molecule has 0 aliphatic rings. The zero-order chi connectivity index (χ0) is 12.7. The molecule has 0 bridgehead atoms. The van der Waals surface area contributed by atoms with Gasteiger partial charge in [0.05, 0.1) is 12.7 Å². The maximum absolute atomic E-state index is 9.40. The van der Waals surface area contributed by atoms with Crippen LogP contribution in [0.1, 0.15) is 38.4 Å². The number of unbranched alkanes of at least 4 members (excludes halogenated alkanes) is 1. The Morgan fingerprint density at radius 1 is 1.35 bits per heavy atom. The average Bonchev–Trinajstić information content (AvgIpc) is 2.34. The third kappa shape index (κ3) is 4.32. The van der Waals surface area contributed by atoms with E-state index in [-0.39, 0.29) is 6.61 Å². The summed E-state index contributed by atoms with van der Waals surface area (Å²) >= 11 is 0. The van der Waals surface area contributed by atoms with Gasteiger partial charge in [0.15, 0.2) is 0 Å². The van der Waals surface area contributed by atoms with Gasteiger partial charge >= 0.3 is 0 Å². The topological polar surface area (TPSA) is 56.6 Å². The van der Waals surface area contributed by atoms with E-state index < -0.39 is 6.10 Å². The second-order valence-corrected chi connectivity index (χ2v) is 4.19. The summed E-state index contributed by atoms with van der Waals surface area (Å²) in [6, 6.07) is 3.77. The van der Waals surface area contributed by atoms with Gasteiger partial charge in [-0.05, 0) is 25.0 Å².